The van der Waals surface area contributed by atoms with Gasteiger partial charge in [-0.1, -0.05) is 70.3 Å². The van der Waals surface area contributed by atoms with Crippen molar-refractivity contribution in [2.24, 2.45) is 0 Å². The quantitative estimate of drug-likeness (QED) is 0.202. The number of allylic oxidation sites excluding steroid dienone is 4. The minimum absolute atomic E-state index is 0.765. The highest BCUT2D eigenvalue weighted by Crippen LogP contribution is 2.12. The molecule has 1 atom stereocenters. The largest absolute Gasteiger partial charge is 0.317 e. The Morgan fingerprint density at radius 3 is 1.92 bits per heavy atom. The molecule has 0 bridgehead atoms. The normalized spacial score (nSPS) is 13.4. The minimum Gasteiger partial charge on any atom is -0.317 e. The molecule has 2 nitrogen and oxygen atoms in total. The van der Waals surface area contributed by atoms with E-state index < -0.39 is 0 Å². The molecule has 0 saturated heterocycles. The second-order valence-electron chi connectivity index (χ2n) is 7.82. The van der Waals surface area contributed by atoms with E-state index in [1.54, 1.807) is 0 Å². The van der Waals surface area contributed by atoms with E-state index in [0.29, 0.717) is 0 Å². The standard InChI is InChI=1S/C24H48N2/c1-5-7-9-10-11-12-13-14-15-16-18-22-25-23-19-21-24(26(3)4)20-17-8-6-2/h11-12,14-15,24-25H,5-10,13,16-23H2,1-4H3/b12-11-,15-14-. The number of nitrogens with zero attached hydrogens (tertiary/aromatic N) is 1. The fourth-order valence-electron chi connectivity index (χ4n) is 3.24. The highest BCUT2D eigenvalue weighted by Gasteiger charge is 2.09. The van der Waals surface area contributed by atoms with Gasteiger partial charge >= 0.3 is 0 Å². The van der Waals surface area contributed by atoms with Crippen LogP contribution in [0.5, 0.6) is 0 Å². The fourth-order valence-corrected chi connectivity index (χ4v) is 3.24. The molecule has 0 aromatic heterocycles. The van der Waals surface area contributed by atoms with Gasteiger partial charge in [0.05, 0.1) is 0 Å². The van der Waals surface area contributed by atoms with Gasteiger partial charge in [-0.15, -0.1) is 0 Å². The Bertz CT molecular complexity index is 320. The summed E-state index contributed by atoms with van der Waals surface area (Å²) in [5.74, 6) is 0. The average molecular weight is 365 g/mol. The Balaban J connectivity index is 3.44. The molecule has 0 saturated carbocycles. The molecule has 0 aromatic carbocycles. The second kappa shape index (κ2) is 20.7. The van der Waals surface area contributed by atoms with Gasteiger partial charge in [0.2, 0.25) is 0 Å². The maximum atomic E-state index is 3.61. The lowest BCUT2D eigenvalue weighted by atomic mass is 10.0. The van der Waals surface area contributed by atoms with Crippen LogP contribution in [0.25, 0.3) is 0 Å². The predicted molar refractivity (Wildman–Crippen MR) is 120 cm³/mol. The molecule has 0 radical (unpaired) electrons. The Morgan fingerprint density at radius 1 is 0.692 bits per heavy atom. The Hall–Kier alpha value is -0.600. The van der Waals surface area contributed by atoms with Crippen LogP contribution >= 0.6 is 0 Å². The fraction of sp³-hybridized carbons (Fsp3) is 0.833. The number of nitrogens with one attached hydrogen (secondary N) is 1. The highest BCUT2D eigenvalue weighted by molar-refractivity contribution is 4.92. The van der Waals surface area contributed by atoms with E-state index in [0.717, 1.165) is 19.0 Å². The average Bonchev–Trinajstić information content (AvgIpc) is 2.63. The van der Waals surface area contributed by atoms with Crippen molar-refractivity contribution in [1.29, 1.82) is 0 Å². The third-order valence-electron chi connectivity index (χ3n) is 5.07. The maximum Gasteiger partial charge on any atom is 0.00896 e. The Labute approximate surface area is 165 Å². The maximum absolute atomic E-state index is 3.61. The number of hydrogen-bond donors (Lipinski definition) is 1. The van der Waals surface area contributed by atoms with Crippen LogP contribution in [0.4, 0.5) is 0 Å². The van der Waals surface area contributed by atoms with E-state index in [1.807, 2.05) is 0 Å². The summed E-state index contributed by atoms with van der Waals surface area (Å²) in [6.07, 6.45) is 26.2. The van der Waals surface area contributed by atoms with Gasteiger partial charge in [-0.3, -0.25) is 0 Å². The summed E-state index contributed by atoms with van der Waals surface area (Å²) in [4.78, 5) is 2.42. The molecular weight excluding hydrogens is 316 g/mol. The second-order valence-corrected chi connectivity index (χ2v) is 7.82. The zero-order valence-corrected chi connectivity index (χ0v) is 18.4. The number of hydrogen-bond acceptors (Lipinski definition) is 2. The molecule has 0 heterocycles. The van der Waals surface area contributed by atoms with E-state index in [1.165, 1.54) is 83.6 Å². The van der Waals surface area contributed by atoms with Crippen molar-refractivity contribution < 1.29 is 0 Å². The molecule has 1 unspecified atom stereocenters. The first-order valence-corrected chi connectivity index (χ1v) is 11.4. The van der Waals surface area contributed by atoms with E-state index in [-0.39, 0.29) is 0 Å². The SMILES string of the molecule is CCCCC/C=C\C/C=C\CCCNCCCC(CCCCC)N(C)C. The first kappa shape index (κ1) is 25.4. The van der Waals surface area contributed by atoms with Gasteiger partial charge in [0.15, 0.2) is 0 Å². The van der Waals surface area contributed by atoms with Gasteiger partial charge < -0.3 is 10.2 Å². The van der Waals surface area contributed by atoms with Gasteiger partial charge in [-0.25, -0.2) is 0 Å². The number of rotatable bonds is 19. The molecule has 0 rings (SSSR count). The third kappa shape index (κ3) is 18.2. The van der Waals surface area contributed by atoms with Crippen LogP contribution < -0.4 is 5.32 Å². The van der Waals surface area contributed by atoms with Gasteiger partial charge in [-0.2, -0.15) is 0 Å². The van der Waals surface area contributed by atoms with Crippen LogP contribution in [0.15, 0.2) is 24.3 Å². The van der Waals surface area contributed by atoms with Crippen LogP contribution in [0.2, 0.25) is 0 Å². The van der Waals surface area contributed by atoms with Gasteiger partial charge in [0, 0.05) is 6.04 Å². The van der Waals surface area contributed by atoms with Crippen molar-refractivity contribution in [2.45, 2.75) is 103 Å². The molecular formula is C24H48N2. The molecule has 26 heavy (non-hydrogen) atoms. The van der Waals surface area contributed by atoms with E-state index >= 15 is 0 Å². The van der Waals surface area contributed by atoms with E-state index in [2.05, 4.69) is 62.5 Å². The van der Waals surface area contributed by atoms with Crippen LogP contribution in [-0.4, -0.2) is 38.1 Å². The molecule has 0 aliphatic rings. The monoisotopic (exact) mass is 364 g/mol. The predicted octanol–water partition coefficient (Wildman–Crippen LogP) is 6.73. The van der Waals surface area contributed by atoms with Crippen LogP contribution in [0.3, 0.4) is 0 Å². The molecule has 154 valence electrons. The van der Waals surface area contributed by atoms with Gasteiger partial charge in [-0.05, 0) is 78.6 Å². The van der Waals surface area contributed by atoms with Crippen molar-refractivity contribution in [3.63, 3.8) is 0 Å². The van der Waals surface area contributed by atoms with Crippen LogP contribution in [0, 0.1) is 0 Å². The highest BCUT2D eigenvalue weighted by atomic mass is 15.1. The van der Waals surface area contributed by atoms with Gasteiger partial charge in [0.25, 0.3) is 0 Å². The Morgan fingerprint density at radius 2 is 1.27 bits per heavy atom. The van der Waals surface area contributed by atoms with Crippen LogP contribution in [0.1, 0.15) is 97.3 Å². The third-order valence-corrected chi connectivity index (χ3v) is 5.07. The molecule has 0 spiro atoms. The summed E-state index contributed by atoms with van der Waals surface area (Å²) < 4.78 is 0. The lowest BCUT2D eigenvalue weighted by Gasteiger charge is -2.24. The topological polar surface area (TPSA) is 15.3 Å². The van der Waals surface area contributed by atoms with E-state index in [9.17, 15) is 0 Å². The molecule has 0 fully saturated rings. The summed E-state index contributed by atoms with van der Waals surface area (Å²) in [5.41, 5.74) is 0. The summed E-state index contributed by atoms with van der Waals surface area (Å²) in [5, 5.41) is 3.61. The van der Waals surface area contributed by atoms with Gasteiger partial charge in [0.1, 0.15) is 0 Å². The molecule has 0 amide bonds. The minimum atomic E-state index is 0.765. The summed E-state index contributed by atoms with van der Waals surface area (Å²) in [7, 11) is 4.47. The lowest BCUT2D eigenvalue weighted by molar-refractivity contribution is 0.253. The molecule has 1 N–H and O–H groups in total. The first-order chi connectivity index (χ1) is 12.7. The zero-order valence-electron chi connectivity index (χ0n) is 18.4. The smallest absolute Gasteiger partial charge is 0.00896 e. The van der Waals surface area contributed by atoms with Crippen molar-refractivity contribution in [2.75, 3.05) is 27.2 Å². The number of unbranched alkanes of at least 4 members (excludes halogenated alkanes) is 6. The molecule has 0 aromatic rings. The first-order valence-electron chi connectivity index (χ1n) is 11.4. The van der Waals surface area contributed by atoms with Crippen molar-refractivity contribution in [3.05, 3.63) is 24.3 Å². The van der Waals surface area contributed by atoms with Crippen molar-refractivity contribution in [1.82, 2.24) is 10.2 Å². The van der Waals surface area contributed by atoms with Crippen molar-refractivity contribution >= 4 is 0 Å². The zero-order chi connectivity index (χ0) is 19.3. The summed E-state index contributed by atoms with van der Waals surface area (Å²) >= 11 is 0. The van der Waals surface area contributed by atoms with Crippen molar-refractivity contribution in [3.8, 4) is 0 Å². The molecule has 2 heteroatoms. The Kier molecular flexibility index (Phi) is 20.2. The van der Waals surface area contributed by atoms with Crippen LogP contribution in [-0.2, 0) is 0 Å². The lowest BCUT2D eigenvalue weighted by Crippen LogP contribution is -2.29. The van der Waals surface area contributed by atoms with E-state index in [4.69, 9.17) is 0 Å². The summed E-state index contributed by atoms with van der Waals surface area (Å²) in [6, 6.07) is 0.765. The molecule has 0 aliphatic heterocycles. The summed E-state index contributed by atoms with van der Waals surface area (Å²) in [6.45, 7) is 6.87. The molecule has 0 aliphatic carbocycles.